The Balaban J connectivity index is 1.79. The van der Waals surface area contributed by atoms with Crippen LogP contribution in [0.4, 0.5) is 0 Å². The number of rotatable bonds is 1. The van der Waals surface area contributed by atoms with E-state index >= 15 is 0 Å². The fourth-order valence-electron chi connectivity index (χ4n) is 2.02. The molecule has 1 aromatic carbocycles. The number of benzene rings is 1. The van der Waals surface area contributed by atoms with Gasteiger partial charge in [-0.2, -0.15) is 0 Å². The van der Waals surface area contributed by atoms with Crippen LogP contribution in [-0.2, 0) is 4.74 Å². The van der Waals surface area contributed by atoms with Gasteiger partial charge in [-0.05, 0) is 24.3 Å². The van der Waals surface area contributed by atoms with E-state index in [1.807, 2.05) is 26.2 Å². The highest BCUT2D eigenvalue weighted by Crippen LogP contribution is 2.39. The molecule has 0 N–H and O–H groups in total. The van der Waals surface area contributed by atoms with Crippen molar-refractivity contribution >= 4 is 39.2 Å². The Labute approximate surface area is 137 Å². The number of hydrogen-bond acceptors (Lipinski definition) is 2. The molecule has 0 atom stereocenters. The van der Waals surface area contributed by atoms with E-state index < -0.39 is 0 Å². The average molecular weight is 361 g/mol. The third kappa shape index (κ3) is 3.22. The zero-order valence-electron chi connectivity index (χ0n) is 11.8. The number of nitrogens with zero attached hydrogens (tertiary/aromatic N) is 1. The number of hydrogen-bond donors (Lipinski definition) is 0. The molecule has 1 aliphatic carbocycles. The summed E-state index contributed by atoms with van der Waals surface area (Å²) in [5, 5.41) is 2.98. The minimum absolute atomic E-state index is 0.902. The first kappa shape index (κ1) is 14.4. The summed E-state index contributed by atoms with van der Waals surface area (Å²) in [4.78, 5) is 0. The Morgan fingerprint density at radius 1 is 1.00 bits per heavy atom. The van der Waals surface area contributed by atoms with Gasteiger partial charge in [-0.3, -0.25) is 0 Å². The fourth-order valence-corrected chi connectivity index (χ4v) is 3.09. The molecular weight excluding hydrogens is 346 g/mol. The van der Waals surface area contributed by atoms with Crippen LogP contribution >= 0.6 is 27.7 Å². The van der Waals surface area contributed by atoms with Gasteiger partial charge < -0.3 is 4.74 Å². The van der Waals surface area contributed by atoms with Gasteiger partial charge in [-0.15, -0.1) is 0 Å². The van der Waals surface area contributed by atoms with E-state index in [0.29, 0.717) is 0 Å². The van der Waals surface area contributed by atoms with Crippen LogP contribution in [0.25, 0.3) is 5.76 Å². The van der Waals surface area contributed by atoms with Crippen molar-refractivity contribution < 1.29 is 9.31 Å². The lowest BCUT2D eigenvalue weighted by Crippen LogP contribution is -2.09. The van der Waals surface area contributed by atoms with Crippen molar-refractivity contribution in [1.29, 1.82) is 0 Å². The average Bonchev–Trinajstić information content (AvgIpc) is 2.98. The number of halogens is 1. The van der Waals surface area contributed by atoms with Gasteiger partial charge in [-0.1, -0.05) is 39.8 Å². The highest BCUT2D eigenvalue weighted by Gasteiger charge is 2.18. The molecule has 0 amide bonds. The molecule has 0 saturated carbocycles. The zero-order chi connectivity index (χ0) is 14.8. The molecule has 3 rings (SSSR count). The van der Waals surface area contributed by atoms with Gasteiger partial charge in [0.2, 0.25) is 0 Å². The van der Waals surface area contributed by atoms with Gasteiger partial charge in [-0.25, -0.2) is 4.58 Å². The van der Waals surface area contributed by atoms with Crippen LogP contribution in [0, 0.1) is 0 Å². The van der Waals surface area contributed by atoms with E-state index in [4.69, 9.17) is 4.74 Å². The third-order valence-corrected chi connectivity index (χ3v) is 4.62. The lowest BCUT2D eigenvalue weighted by molar-refractivity contribution is -0.462. The minimum Gasteiger partial charge on any atom is -0.448 e. The third-order valence-electron chi connectivity index (χ3n) is 3.22. The van der Waals surface area contributed by atoms with Crippen molar-refractivity contribution in [2.45, 2.75) is 0 Å². The molecule has 2 aliphatic rings. The lowest BCUT2D eigenvalue weighted by Gasteiger charge is -2.08. The molecule has 0 unspecified atom stereocenters. The molecule has 1 aromatic rings. The number of allylic oxidation sites excluding steroid dienone is 5. The van der Waals surface area contributed by atoms with E-state index in [9.17, 15) is 0 Å². The number of ether oxygens (including phenoxy) is 1. The summed E-state index contributed by atoms with van der Waals surface area (Å²) in [6.07, 6.45) is 8.39. The van der Waals surface area contributed by atoms with Crippen molar-refractivity contribution in [3.05, 3.63) is 74.7 Å². The first-order valence-corrected chi connectivity index (χ1v) is 8.26. The monoisotopic (exact) mass is 360 g/mol. The molecular formula is C17H15BrNOS+. The molecule has 0 aromatic heterocycles. The van der Waals surface area contributed by atoms with Gasteiger partial charge >= 0.3 is 0 Å². The van der Waals surface area contributed by atoms with Crippen LogP contribution < -0.4 is 0 Å². The van der Waals surface area contributed by atoms with E-state index in [-0.39, 0.29) is 0 Å². The smallest absolute Gasteiger partial charge is 0.199 e. The second kappa shape index (κ2) is 6.08. The van der Waals surface area contributed by atoms with Gasteiger partial charge in [0.1, 0.15) is 19.9 Å². The topological polar surface area (TPSA) is 12.2 Å². The number of thioether (sulfide) groups is 1. The van der Waals surface area contributed by atoms with Crippen LogP contribution in [0.3, 0.4) is 0 Å². The molecule has 21 heavy (non-hydrogen) atoms. The summed E-state index contributed by atoms with van der Waals surface area (Å²) in [6.45, 7) is 0. The highest BCUT2D eigenvalue weighted by molar-refractivity contribution is 9.10. The van der Waals surface area contributed by atoms with E-state index in [1.54, 1.807) is 11.8 Å². The second-order valence-electron chi connectivity index (χ2n) is 4.94. The van der Waals surface area contributed by atoms with Crippen LogP contribution in [-0.4, -0.2) is 24.4 Å². The maximum absolute atomic E-state index is 5.99. The Morgan fingerprint density at radius 3 is 2.29 bits per heavy atom. The molecule has 4 heteroatoms. The predicted octanol–water partition coefficient (Wildman–Crippen LogP) is 4.56. The van der Waals surface area contributed by atoms with Crippen LogP contribution in [0.2, 0.25) is 0 Å². The first-order chi connectivity index (χ1) is 10.1. The largest absolute Gasteiger partial charge is 0.448 e. The molecule has 0 radical (unpaired) electrons. The normalized spacial score (nSPS) is 17.1. The van der Waals surface area contributed by atoms with Gasteiger partial charge in [0.25, 0.3) is 0 Å². The van der Waals surface area contributed by atoms with Crippen LogP contribution in [0.1, 0.15) is 5.56 Å². The summed E-state index contributed by atoms with van der Waals surface area (Å²) in [5.41, 5.74) is 3.38. The van der Waals surface area contributed by atoms with Crippen molar-refractivity contribution in [3.8, 4) is 0 Å². The summed E-state index contributed by atoms with van der Waals surface area (Å²) in [7, 11) is 4.08. The Kier molecular flexibility index (Phi) is 4.17. The quantitative estimate of drug-likeness (QED) is 0.680. The summed E-state index contributed by atoms with van der Waals surface area (Å²) in [6, 6.07) is 8.14. The van der Waals surface area contributed by atoms with Gasteiger partial charge in [0, 0.05) is 33.2 Å². The fraction of sp³-hybridized carbons (Fsp3) is 0.118. The van der Waals surface area contributed by atoms with Gasteiger partial charge in [0.05, 0.1) is 0 Å². The van der Waals surface area contributed by atoms with Crippen molar-refractivity contribution in [2.75, 3.05) is 14.1 Å². The molecule has 0 saturated heterocycles. The predicted molar refractivity (Wildman–Crippen MR) is 93.2 cm³/mol. The van der Waals surface area contributed by atoms with E-state index in [1.165, 1.54) is 5.71 Å². The van der Waals surface area contributed by atoms with Crippen molar-refractivity contribution in [2.24, 2.45) is 0 Å². The molecule has 106 valence electrons. The van der Waals surface area contributed by atoms with Crippen LogP contribution in [0.15, 0.2) is 69.1 Å². The van der Waals surface area contributed by atoms with E-state index in [2.05, 4.69) is 62.4 Å². The SMILES string of the molecule is C[N+](C)=C1C=CC(=C2OC(c3ccc(Br)cc3)=CS2)C=C1. The second-order valence-corrected chi connectivity index (χ2v) is 6.70. The molecule has 2 nitrogen and oxygen atoms in total. The minimum atomic E-state index is 0.902. The maximum Gasteiger partial charge on any atom is 0.199 e. The van der Waals surface area contributed by atoms with Crippen LogP contribution in [0.5, 0.6) is 0 Å². The molecule has 1 aliphatic heterocycles. The summed E-state index contributed by atoms with van der Waals surface area (Å²) < 4.78 is 9.14. The first-order valence-electron chi connectivity index (χ1n) is 6.59. The maximum atomic E-state index is 5.99. The molecule has 0 fully saturated rings. The standard InChI is InChI=1S/C17H15BrNOS/c1-19(2)15-9-5-13(6-10-15)17-20-16(11-21-17)12-3-7-14(18)8-4-12/h3-11H,1-2H3/q+1. The summed E-state index contributed by atoms with van der Waals surface area (Å²) >= 11 is 5.07. The summed E-state index contributed by atoms with van der Waals surface area (Å²) in [5.74, 6) is 0.902. The Bertz CT molecular complexity index is 702. The lowest BCUT2D eigenvalue weighted by atomic mass is 10.1. The Morgan fingerprint density at radius 2 is 1.67 bits per heavy atom. The van der Waals surface area contributed by atoms with Crippen molar-refractivity contribution in [1.82, 2.24) is 0 Å². The molecule has 1 heterocycles. The zero-order valence-corrected chi connectivity index (χ0v) is 14.2. The van der Waals surface area contributed by atoms with E-state index in [0.717, 1.165) is 26.5 Å². The Hall–Kier alpha value is -1.52. The molecule has 0 spiro atoms. The highest BCUT2D eigenvalue weighted by atomic mass is 79.9. The van der Waals surface area contributed by atoms with Crippen molar-refractivity contribution in [3.63, 3.8) is 0 Å². The van der Waals surface area contributed by atoms with Gasteiger partial charge in [0.15, 0.2) is 10.8 Å². The molecule has 0 bridgehead atoms.